The van der Waals surface area contributed by atoms with E-state index in [0.29, 0.717) is 22.9 Å². The lowest BCUT2D eigenvalue weighted by molar-refractivity contribution is -0.134. The summed E-state index contributed by atoms with van der Waals surface area (Å²) in [5.41, 5.74) is 2.80. The fourth-order valence-corrected chi connectivity index (χ4v) is 2.70. The van der Waals surface area contributed by atoms with Crippen molar-refractivity contribution in [2.24, 2.45) is 0 Å². The lowest BCUT2D eigenvalue weighted by Gasteiger charge is -2.15. The maximum absolute atomic E-state index is 11.6. The number of hydrogen-bond acceptors (Lipinski definition) is 3. The first-order valence-corrected chi connectivity index (χ1v) is 8.47. The molecule has 0 radical (unpaired) electrons. The van der Waals surface area contributed by atoms with E-state index in [4.69, 9.17) is 21.1 Å². The molecule has 0 bridgehead atoms. The molecule has 2 aromatic carbocycles. The van der Waals surface area contributed by atoms with Gasteiger partial charge in [-0.25, -0.2) is 0 Å². The van der Waals surface area contributed by atoms with E-state index in [1.165, 1.54) is 0 Å². The minimum absolute atomic E-state index is 0.272. The second-order valence-corrected chi connectivity index (χ2v) is 6.46. The third-order valence-corrected chi connectivity index (χ3v) is 4.57. The Morgan fingerprint density at radius 1 is 1.17 bits per heavy atom. The normalized spacial score (nSPS) is 10.5. The maximum atomic E-state index is 11.6. The molecular weight excluding hydrogens is 380 g/mol. The van der Waals surface area contributed by atoms with E-state index in [0.717, 1.165) is 21.2 Å². The summed E-state index contributed by atoms with van der Waals surface area (Å²) in [4.78, 5) is 11.6. The van der Waals surface area contributed by atoms with Gasteiger partial charge in [-0.15, -0.1) is 0 Å². The molecule has 5 heteroatoms. The summed E-state index contributed by atoms with van der Waals surface area (Å²) in [5, 5.41) is 0.662. The molecule has 0 aromatic heterocycles. The Labute approximate surface area is 149 Å². The predicted octanol–water partition coefficient (Wildman–Crippen LogP) is 5.61. The van der Waals surface area contributed by atoms with Crippen LogP contribution in [0.15, 0.2) is 34.8 Å². The van der Waals surface area contributed by atoms with Crippen molar-refractivity contribution in [2.45, 2.75) is 33.8 Å². The van der Waals surface area contributed by atoms with Crippen LogP contribution < -0.4 is 9.47 Å². The fourth-order valence-electron chi connectivity index (χ4n) is 2.08. The first-order valence-electron chi connectivity index (χ1n) is 7.30. The molecule has 0 fully saturated rings. The van der Waals surface area contributed by atoms with Gasteiger partial charge in [-0.3, -0.25) is 4.79 Å². The number of hydrogen-bond donors (Lipinski definition) is 0. The number of esters is 1. The number of rotatable bonds is 5. The molecule has 0 heterocycles. The highest BCUT2D eigenvalue weighted by Crippen LogP contribution is 2.31. The van der Waals surface area contributed by atoms with Crippen molar-refractivity contribution in [3.05, 3.63) is 56.5 Å². The molecule has 122 valence electrons. The number of halogens is 2. The molecule has 2 aromatic rings. The van der Waals surface area contributed by atoms with Crippen molar-refractivity contribution in [1.29, 1.82) is 0 Å². The van der Waals surface area contributed by atoms with E-state index in [1.54, 1.807) is 19.1 Å². The monoisotopic (exact) mass is 396 g/mol. The Hall–Kier alpha value is -1.52. The molecule has 2 rings (SSSR count). The van der Waals surface area contributed by atoms with E-state index in [9.17, 15) is 4.79 Å². The summed E-state index contributed by atoms with van der Waals surface area (Å²) < 4.78 is 12.1. The van der Waals surface area contributed by atoms with Crippen molar-refractivity contribution in [2.75, 3.05) is 0 Å². The van der Waals surface area contributed by atoms with Crippen LogP contribution in [0.3, 0.4) is 0 Å². The van der Waals surface area contributed by atoms with Gasteiger partial charge in [0.15, 0.2) is 0 Å². The lowest BCUT2D eigenvalue weighted by Crippen LogP contribution is -2.09. The summed E-state index contributed by atoms with van der Waals surface area (Å²) in [6.07, 6.45) is 0.319. The minimum Gasteiger partial charge on any atom is -0.488 e. The third-order valence-electron chi connectivity index (χ3n) is 3.42. The Kier molecular flexibility index (Phi) is 6.08. The van der Waals surface area contributed by atoms with Crippen molar-refractivity contribution < 1.29 is 14.3 Å². The Morgan fingerprint density at radius 3 is 2.61 bits per heavy atom. The van der Waals surface area contributed by atoms with E-state index in [2.05, 4.69) is 15.9 Å². The quantitative estimate of drug-likeness (QED) is 0.485. The maximum Gasteiger partial charge on any atom is 0.310 e. The molecule has 0 saturated carbocycles. The smallest absolute Gasteiger partial charge is 0.310 e. The highest BCUT2D eigenvalue weighted by Gasteiger charge is 2.13. The van der Waals surface area contributed by atoms with Crippen LogP contribution in [0.25, 0.3) is 0 Å². The van der Waals surface area contributed by atoms with E-state index < -0.39 is 0 Å². The Morgan fingerprint density at radius 2 is 1.91 bits per heavy atom. The first-order chi connectivity index (χ1) is 10.9. The van der Waals surface area contributed by atoms with E-state index in [-0.39, 0.29) is 12.6 Å². The van der Waals surface area contributed by atoms with Crippen molar-refractivity contribution >= 4 is 33.5 Å². The van der Waals surface area contributed by atoms with Gasteiger partial charge in [0.25, 0.3) is 0 Å². The van der Waals surface area contributed by atoms with Gasteiger partial charge >= 0.3 is 5.97 Å². The van der Waals surface area contributed by atoms with E-state index in [1.807, 2.05) is 32.0 Å². The summed E-state index contributed by atoms with van der Waals surface area (Å²) in [6.45, 7) is 5.95. The van der Waals surface area contributed by atoms with Crippen molar-refractivity contribution in [1.82, 2.24) is 0 Å². The van der Waals surface area contributed by atoms with Gasteiger partial charge in [-0.1, -0.05) is 46.6 Å². The van der Waals surface area contributed by atoms with Gasteiger partial charge in [-0.05, 0) is 43.2 Å². The molecule has 0 aliphatic rings. The second-order valence-electron chi connectivity index (χ2n) is 5.20. The van der Waals surface area contributed by atoms with Crippen molar-refractivity contribution in [3.8, 4) is 11.5 Å². The van der Waals surface area contributed by atoms with Crippen LogP contribution >= 0.6 is 27.5 Å². The van der Waals surface area contributed by atoms with Gasteiger partial charge in [0.05, 0.1) is 0 Å². The number of aryl methyl sites for hydroxylation is 2. The summed E-state index contributed by atoms with van der Waals surface area (Å²) in [7, 11) is 0. The topological polar surface area (TPSA) is 35.5 Å². The van der Waals surface area contributed by atoms with Gasteiger partial charge in [-0.2, -0.15) is 0 Å². The summed E-state index contributed by atoms with van der Waals surface area (Å²) in [6, 6.07) is 9.25. The SMILES string of the molecule is CCC(=O)Oc1cccc(Br)c1COc1cc(Cl)c(C)cc1C. The predicted molar refractivity (Wildman–Crippen MR) is 95.3 cm³/mol. The lowest BCUT2D eigenvalue weighted by atomic mass is 10.1. The average molecular weight is 398 g/mol. The molecule has 0 saturated heterocycles. The van der Waals surface area contributed by atoms with Crippen LogP contribution in [-0.4, -0.2) is 5.97 Å². The molecule has 0 amide bonds. The van der Waals surface area contributed by atoms with Crippen molar-refractivity contribution in [3.63, 3.8) is 0 Å². The zero-order valence-corrected chi connectivity index (χ0v) is 15.6. The van der Waals surface area contributed by atoms with Crippen LogP contribution in [0, 0.1) is 13.8 Å². The molecular formula is C18H18BrClO3. The van der Waals surface area contributed by atoms with Gasteiger partial charge in [0.1, 0.15) is 18.1 Å². The molecule has 0 N–H and O–H groups in total. The van der Waals surface area contributed by atoms with Crippen LogP contribution in [0.4, 0.5) is 0 Å². The van der Waals surface area contributed by atoms with Crippen LogP contribution in [0.2, 0.25) is 5.02 Å². The summed E-state index contributed by atoms with van der Waals surface area (Å²) in [5.74, 6) is 0.935. The van der Waals surface area contributed by atoms with Gasteiger partial charge in [0.2, 0.25) is 0 Å². The Balaban J connectivity index is 2.23. The molecule has 23 heavy (non-hydrogen) atoms. The van der Waals surface area contributed by atoms with Gasteiger partial charge in [0, 0.05) is 21.5 Å². The third kappa shape index (κ3) is 4.49. The fraction of sp³-hybridized carbons (Fsp3) is 0.278. The van der Waals surface area contributed by atoms with Crippen LogP contribution in [-0.2, 0) is 11.4 Å². The summed E-state index contributed by atoms with van der Waals surface area (Å²) >= 11 is 9.64. The number of ether oxygens (including phenoxy) is 2. The Bertz CT molecular complexity index is 728. The second kappa shape index (κ2) is 7.84. The standard InChI is InChI=1S/C18H18BrClO3/c1-4-18(21)23-16-7-5-6-14(19)13(16)10-22-17-9-15(20)11(2)8-12(17)3/h5-9H,4,10H2,1-3H3. The zero-order valence-electron chi connectivity index (χ0n) is 13.3. The molecule has 3 nitrogen and oxygen atoms in total. The largest absolute Gasteiger partial charge is 0.488 e. The molecule has 0 atom stereocenters. The minimum atomic E-state index is -0.279. The molecule has 0 unspecified atom stereocenters. The highest BCUT2D eigenvalue weighted by molar-refractivity contribution is 9.10. The van der Waals surface area contributed by atoms with Crippen LogP contribution in [0.1, 0.15) is 30.0 Å². The number of carbonyl (C=O) groups excluding carboxylic acids is 1. The highest BCUT2D eigenvalue weighted by atomic mass is 79.9. The number of carbonyl (C=O) groups is 1. The van der Waals surface area contributed by atoms with Crippen LogP contribution in [0.5, 0.6) is 11.5 Å². The van der Waals surface area contributed by atoms with Gasteiger partial charge < -0.3 is 9.47 Å². The molecule has 0 aliphatic carbocycles. The first kappa shape index (κ1) is 17.8. The number of benzene rings is 2. The van der Waals surface area contributed by atoms with E-state index >= 15 is 0 Å². The average Bonchev–Trinajstić information content (AvgIpc) is 2.51. The molecule has 0 spiro atoms. The zero-order chi connectivity index (χ0) is 17.0. The molecule has 0 aliphatic heterocycles.